The molecule has 3 N–H and O–H groups in total. The van der Waals surface area contributed by atoms with Crippen LogP contribution in [0.1, 0.15) is 44.1 Å². The quantitative estimate of drug-likeness (QED) is 0.466. The van der Waals surface area contributed by atoms with Crippen molar-refractivity contribution >= 4 is 27.6 Å². The molecule has 2 aromatic carbocycles. The number of hydrogen-bond donors (Lipinski definition) is 3. The van der Waals surface area contributed by atoms with Crippen LogP contribution in [-0.2, 0) is 21.2 Å². The zero-order valence-corrected chi connectivity index (χ0v) is 20.9. The zero-order valence-electron chi connectivity index (χ0n) is 20.1. The van der Waals surface area contributed by atoms with E-state index in [4.69, 9.17) is 5.41 Å². The number of carbonyl (C=O) groups is 1. The Bertz CT molecular complexity index is 1100. The maximum atomic E-state index is 13.2. The first-order valence-electron chi connectivity index (χ1n) is 12.5. The predicted molar refractivity (Wildman–Crippen MR) is 138 cm³/mol. The number of nitrogens with one attached hydrogen (secondary N) is 3. The minimum Gasteiger partial charge on any atom is -0.385 e. The lowest BCUT2D eigenvalue weighted by molar-refractivity contribution is -0.120. The van der Waals surface area contributed by atoms with E-state index in [2.05, 4.69) is 10.6 Å². The van der Waals surface area contributed by atoms with Gasteiger partial charge in [0.1, 0.15) is 0 Å². The Kier molecular flexibility index (Phi) is 8.28. The summed E-state index contributed by atoms with van der Waals surface area (Å²) in [7, 11) is -3.75. The summed E-state index contributed by atoms with van der Waals surface area (Å²) in [5.74, 6) is 0.0770. The van der Waals surface area contributed by atoms with Gasteiger partial charge < -0.3 is 15.5 Å². The van der Waals surface area contributed by atoms with Crippen molar-refractivity contribution in [3.05, 3.63) is 60.2 Å². The van der Waals surface area contributed by atoms with Gasteiger partial charge in [0.05, 0.1) is 11.4 Å². The highest BCUT2D eigenvalue weighted by atomic mass is 32.2. The Morgan fingerprint density at radius 2 is 1.66 bits per heavy atom. The van der Waals surface area contributed by atoms with Crippen LogP contribution in [0.25, 0.3) is 0 Å². The molecule has 0 atom stereocenters. The van der Waals surface area contributed by atoms with Gasteiger partial charge in [0.2, 0.25) is 11.9 Å². The van der Waals surface area contributed by atoms with Crippen molar-refractivity contribution in [2.24, 2.45) is 0 Å². The Morgan fingerprint density at radius 1 is 0.943 bits per heavy atom. The van der Waals surface area contributed by atoms with Gasteiger partial charge in [-0.1, -0.05) is 49.6 Å². The number of amides is 1. The molecule has 8 nitrogen and oxygen atoms in total. The van der Waals surface area contributed by atoms with Crippen molar-refractivity contribution < 1.29 is 13.2 Å². The van der Waals surface area contributed by atoms with Crippen LogP contribution in [0, 0.1) is 5.41 Å². The highest BCUT2D eigenvalue weighted by molar-refractivity contribution is 7.89. The fourth-order valence-corrected chi connectivity index (χ4v) is 6.19. The molecule has 2 aliphatic rings. The number of anilines is 1. The van der Waals surface area contributed by atoms with Gasteiger partial charge in [-0.3, -0.25) is 10.2 Å². The lowest BCUT2D eigenvalue weighted by Crippen LogP contribution is -2.42. The van der Waals surface area contributed by atoms with Crippen LogP contribution in [0.2, 0.25) is 0 Å². The minimum atomic E-state index is -3.75. The molecule has 0 unspecified atom stereocenters. The van der Waals surface area contributed by atoms with Gasteiger partial charge >= 0.3 is 0 Å². The molecular weight excluding hydrogens is 462 g/mol. The lowest BCUT2D eigenvalue weighted by Gasteiger charge is -2.32. The number of carbonyl (C=O) groups excluding carboxylic acids is 1. The average Bonchev–Trinajstić information content (AvgIpc) is 3.27. The van der Waals surface area contributed by atoms with E-state index in [1.54, 1.807) is 24.3 Å². The summed E-state index contributed by atoms with van der Waals surface area (Å²) in [6.45, 7) is 1.96. The molecule has 4 rings (SSSR count). The molecule has 2 aromatic rings. The van der Waals surface area contributed by atoms with Gasteiger partial charge in [0, 0.05) is 37.8 Å². The van der Waals surface area contributed by atoms with Gasteiger partial charge in [-0.25, -0.2) is 12.7 Å². The molecule has 1 aliphatic heterocycles. The third kappa shape index (κ3) is 6.33. The van der Waals surface area contributed by atoms with Gasteiger partial charge in [-0.2, -0.15) is 0 Å². The monoisotopic (exact) mass is 497 g/mol. The molecule has 0 bridgehead atoms. The first kappa shape index (κ1) is 25.0. The second-order valence-corrected chi connectivity index (χ2v) is 11.0. The SMILES string of the molecule is N=C1N(C2CCCCC2)CCN1S(=O)(=O)c1ccc(CCNC(=O)CCNc2ccccc2)cc1. The molecule has 1 saturated carbocycles. The first-order chi connectivity index (χ1) is 16.9. The minimum absolute atomic E-state index is 0.0253. The maximum absolute atomic E-state index is 13.2. The number of nitrogens with zero attached hydrogens (tertiary/aromatic N) is 2. The standard InChI is InChI=1S/C26H35N5O3S/c27-26-30(23-9-5-2-6-10-23)19-20-31(26)35(33,34)24-13-11-21(12-14-24)15-17-29-25(32)16-18-28-22-7-3-1-4-8-22/h1,3-4,7-8,11-14,23,27-28H,2,5-6,9-10,15-20H2,(H,29,32). The Balaban J connectivity index is 1.23. The van der Waals surface area contributed by atoms with Crippen LogP contribution < -0.4 is 10.6 Å². The van der Waals surface area contributed by atoms with Crippen LogP contribution in [-0.4, -0.2) is 61.7 Å². The molecule has 1 heterocycles. The summed E-state index contributed by atoms with van der Waals surface area (Å²) in [6, 6.07) is 16.8. The van der Waals surface area contributed by atoms with Crippen molar-refractivity contribution in [2.45, 2.75) is 55.9 Å². The third-order valence-electron chi connectivity index (χ3n) is 6.77. The Morgan fingerprint density at radius 3 is 2.37 bits per heavy atom. The van der Waals surface area contributed by atoms with Gasteiger partial charge in [0.15, 0.2) is 0 Å². The molecule has 0 spiro atoms. The zero-order chi connectivity index (χ0) is 24.7. The first-order valence-corrected chi connectivity index (χ1v) is 13.9. The molecule has 188 valence electrons. The van der Waals surface area contributed by atoms with E-state index in [1.807, 2.05) is 35.2 Å². The topological polar surface area (TPSA) is 106 Å². The smallest absolute Gasteiger partial charge is 0.266 e. The normalized spacial score (nSPS) is 17.0. The average molecular weight is 498 g/mol. The Hall–Kier alpha value is -3.07. The van der Waals surface area contributed by atoms with E-state index in [0.29, 0.717) is 39.0 Å². The predicted octanol–water partition coefficient (Wildman–Crippen LogP) is 3.42. The summed E-state index contributed by atoms with van der Waals surface area (Å²) in [5.41, 5.74) is 1.94. The number of benzene rings is 2. The number of rotatable bonds is 10. The fraction of sp³-hybridized carbons (Fsp3) is 0.462. The van der Waals surface area contributed by atoms with E-state index in [9.17, 15) is 13.2 Å². The van der Waals surface area contributed by atoms with E-state index >= 15 is 0 Å². The van der Waals surface area contributed by atoms with Crippen molar-refractivity contribution in [1.29, 1.82) is 5.41 Å². The summed E-state index contributed by atoms with van der Waals surface area (Å²) in [4.78, 5) is 14.2. The lowest BCUT2D eigenvalue weighted by atomic mass is 9.94. The molecule has 9 heteroatoms. The summed E-state index contributed by atoms with van der Waals surface area (Å²) in [6.07, 6.45) is 6.58. The van der Waals surface area contributed by atoms with E-state index in [-0.39, 0.29) is 22.8 Å². The van der Waals surface area contributed by atoms with Gasteiger partial charge in [-0.05, 0) is 49.1 Å². The Labute approximate surface area is 208 Å². The molecule has 0 radical (unpaired) electrons. The summed E-state index contributed by atoms with van der Waals surface area (Å²) >= 11 is 0. The number of sulfonamides is 1. The van der Waals surface area contributed by atoms with Crippen LogP contribution in [0.4, 0.5) is 5.69 Å². The number of hydrogen-bond acceptors (Lipinski definition) is 5. The van der Waals surface area contributed by atoms with Crippen LogP contribution in [0.3, 0.4) is 0 Å². The maximum Gasteiger partial charge on any atom is 0.266 e. The number of para-hydroxylation sites is 1. The molecule has 0 aromatic heterocycles. The van der Waals surface area contributed by atoms with E-state index in [1.165, 1.54) is 10.7 Å². The van der Waals surface area contributed by atoms with Crippen molar-refractivity contribution in [3.8, 4) is 0 Å². The fourth-order valence-electron chi connectivity index (χ4n) is 4.80. The highest BCUT2D eigenvalue weighted by Crippen LogP contribution is 2.28. The van der Waals surface area contributed by atoms with E-state index < -0.39 is 10.0 Å². The highest BCUT2D eigenvalue weighted by Gasteiger charge is 2.38. The van der Waals surface area contributed by atoms with Gasteiger partial charge in [-0.15, -0.1) is 0 Å². The molecule has 1 saturated heterocycles. The van der Waals surface area contributed by atoms with Crippen molar-refractivity contribution in [1.82, 2.24) is 14.5 Å². The van der Waals surface area contributed by atoms with E-state index in [0.717, 1.165) is 36.9 Å². The molecule has 35 heavy (non-hydrogen) atoms. The second kappa shape index (κ2) is 11.6. The van der Waals surface area contributed by atoms with Gasteiger partial charge in [0.25, 0.3) is 10.0 Å². The van der Waals surface area contributed by atoms with Crippen LogP contribution in [0.15, 0.2) is 59.5 Å². The van der Waals surface area contributed by atoms with Crippen LogP contribution >= 0.6 is 0 Å². The third-order valence-corrected chi connectivity index (χ3v) is 8.57. The molecular formula is C26H35N5O3S. The molecule has 1 amide bonds. The molecule has 2 fully saturated rings. The summed E-state index contributed by atoms with van der Waals surface area (Å²) < 4.78 is 27.6. The van der Waals surface area contributed by atoms with Crippen molar-refractivity contribution in [2.75, 3.05) is 31.5 Å². The summed E-state index contributed by atoms with van der Waals surface area (Å²) in [5, 5.41) is 14.6. The van der Waals surface area contributed by atoms with Crippen molar-refractivity contribution in [3.63, 3.8) is 0 Å². The van der Waals surface area contributed by atoms with Crippen LogP contribution in [0.5, 0.6) is 0 Å². The largest absolute Gasteiger partial charge is 0.385 e. The molecule has 1 aliphatic carbocycles. The second-order valence-electron chi connectivity index (χ2n) is 9.17. The number of guanidine groups is 1.